The highest BCUT2D eigenvalue weighted by atomic mass is 16.7. The summed E-state index contributed by atoms with van der Waals surface area (Å²) >= 11 is 0. The van der Waals surface area contributed by atoms with E-state index < -0.39 is 74.4 Å². The van der Waals surface area contributed by atoms with E-state index in [9.17, 15) is 25.5 Å². The molecule has 10 atom stereocenters. The summed E-state index contributed by atoms with van der Waals surface area (Å²) in [5.41, 5.74) is 0. The normalized spacial score (nSPS) is 51.7. The molecule has 0 amide bonds. The molecular weight excluding hydrogens is 316 g/mol. The molecule has 2 fully saturated rings. The fourth-order valence-corrected chi connectivity index (χ4v) is 2.80. The van der Waals surface area contributed by atoms with Gasteiger partial charge in [0.25, 0.3) is 0 Å². The summed E-state index contributed by atoms with van der Waals surface area (Å²) in [7, 11) is 0. The fourth-order valence-electron chi connectivity index (χ4n) is 2.80. The summed E-state index contributed by atoms with van der Waals surface area (Å²) in [6.45, 7) is 0.432. The minimum atomic E-state index is -1.63. The molecule has 0 bridgehead atoms. The van der Waals surface area contributed by atoms with Crippen molar-refractivity contribution in [1.82, 2.24) is 0 Å². The van der Waals surface area contributed by atoms with Crippen molar-refractivity contribution in [2.75, 3.05) is 13.2 Å². The molecule has 2 heterocycles. The molecule has 0 radical (unpaired) electrons. The van der Waals surface area contributed by atoms with Crippen LogP contribution in [0.1, 0.15) is 6.92 Å². The Bertz CT molecular complexity index is 380. The SMILES string of the molecule is C[C@@H]1OC(CO)[C@@H](O)[C@H](O)C1O[C@H]1OC(CO)[C@@H](O)[C@H](O)C1O. The van der Waals surface area contributed by atoms with E-state index in [0.29, 0.717) is 0 Å². The first-order valence-corrected chi connectivity index (χ1v) is 7.40. The van der Waals surface area contributed by atoms with Crippen molar-refractivity contribution in [1.29, 1.82) is 0 Å². The van der Waals surface area contributed by atoms with Crippen LogP contribution in [0.25, 0.3) is 0 Å². The van der Waals surface area contributed by atoms with Crippen molar-refractivity contribution in [3.05, 3.63) is 0 Å². The molecule has 0 aromatic heterocycles. The number of aliphatic hydroxyl groups excluding tert-OH is 7. The maximum atomic E-state index is 10.1. The van der Waals surface area contributed by atoms with Crippen LogP contribution in [0.2, 0.25) is 0 Å². The number of ether oxygens (including phenoxy) is 3. The average molecular weight is 340 g/mol. The van der Waals surface area contributed by atoms with E-state index in [4.69, 9.17) is 24.4 Å². The lowest BCUT2D eigenvalue weighted by molar-refractivity contribution is -0.340. The molecule has 136 valence electrons. The Morgan fingerprint density at radius 2 is 1.26 bits per heavy atom. The summed E-state index contributed by atoms with van der Waals surface area (Å²) in [6, 6.07) is 0. The molecule has 23 heavy (non-hydrogen) atoms. The highest BCUT2D eigenvalue weighted by Gasteiger charge is 2.49. The van der Waals surface area contributed by atoms with Crippen molar-refractivity contribution < 1.29 is 50.0 Å². The van der Waals surface area contributed by atoms with E-state index in [1.807, 2.05) is 0 Å². The molecule has 0 spiro atoms. The van der Waals surface area contributed by atoms with E-state index in [2.05, 4.69) is 0 Å². The van der Waals surface area contributed by atoms with Gasteiger partial charge in [-0.2, -0.15) is 0 Å². The lowest BCUT2D eigenvalue weighted by Gasteiger charge is -2.45. The van der Waals surface area contributed by atoms with Gasteiger partial charge in [-0.25, -0.2) is 0 Å². The standard InChI is InChI=1S/C13H24O10/c1-4-12(10(19)8(17)5(2-14)21-4)23-13-11(20)9(18)7(16)6(3-15)22-13/h4-20H,2-3H2,1H3/t4-,5?,6?,7+,8+,9-,10-,11?,12?,13+/m0/s1. The van der Waals surface area contributed by atoms with E-state index in [0.717, 1.165) is 0 Å². The Morgan fingerprint density at radius 3 is 1.83 bits per heavy atom. The van der Waals surface area contributed by atoms with Crippen LogP contribution < -0.4 is 0 Å². The van der Waals surface area contributed by atoms with Crippen LogP contribution in [-0.4, -0.2) is 110 Å². The zero-order chi connectivity index (χ0) is 17.3. The van der Waals surface area contributed by atoms with Gasteiger partial charge in [-0.1, -0.05) is 0 Å². The third-order valence-electron chi connectivity index (χ3n) is 4.24. The molecule has 10 nitrogen and oxygen atoms in total. The molecule has 4 unspecified atom stereocenters. The minimum Gasteiger partial charge on any atom is -0.394 e. The summed E-state index contributed by atoms with van der Waals surface area (Å²) < 4.78 is 15.9. The maximum absolute atomic E-state index is 10.1. The van der Waals surface area contributed by atoms with Gasteiger partial charge in [0, 0.05) is 0 Å². The molecule has 2 rings (SSSR count). The lowest BCUT2D eigenvalue weighted by atomic mass is 9.95. The van der Waals surface area contributed by atoms with E-state index in [1.165, 1.54) is 6.92 Å². The number of hydrogen-bond acceptors (Lipinski definition) is 10. The number of hydrogen-bond donors (Lipinski definition) is 7. The number of aliphatic hydroxyl groups is 7. The van der Waals surface area contributed by atoms with Crippen molar-refractivity contribution in [2.45, 2.75) is 68.1 Å². The Labute approximate surface area is 132 Å². The second kappa shape index (κ2) is 7.66. The zero-order valence-electron chi connectivity index (χ0n) is 12.5. The maximum Gasteiger partial charge on any atom is 0.187 e. The van der Waals surface area contributed by atoms with Gasteiger partial charge in [-0.3, -0.25) is 0 Å². The Hall–Kier alpha value is -0.400. The molecule has 0 aromatic rings. The predicted octanol–water partition coefficient (Wildman–Crippen LogP) is -4.33. The Morgan fingerprint density at radius 1 is 0.739 bits per heavy atom. The van der Waals surface area contributed by atoms with Gasteiger partial charge in [0.1, 0.15) is 48.8 Å². The third kappa shape index (κ3) is 3.66. The van der Waals surface area contributed by atoms with Gasteiger partial charge < -0.3 is 50.0 Å². The Balaban J connectivity index is 2.08. The molecule has 7 N–H and O–H groups in total. The van der Waals surface area contributed by atoms with Crippen LogP contribution >= 0.6 is 0 Å². The van der Waals surface area contributed by atoms with Crippen molar-refractivity contribution in [3.8, 4) is 0 Å². The predicted molar refractivity (Wildman–Crippen MR) is 72.1 cm³/mol. The molecule has 0 aromatic carbocycles. The summed E-state index contributed by atoms with van der Waals surface area (Å²) in [4.78, 5) is 0. The van der Waals surface area contributed by atoms with Gasteiger partial charge in [0.15, 0.2) is 6.29 Å². The van der Waals surface area contributed by atoms with Crippen molar-refractivity contribution in [3.63, 3.8) is 0 Å². The summed E-state index contributed by atoms with van der Waals surface area (Å²) in [6.07, 6.45) is -13.0. The first kappa shape index (κ1) is 18.9. The highest BCUT2D eigenvalue weighted by molar-refractivity contribution is 4.94. The lowest BCUT2D eigenvalue weighted by Crippen LogP contribution is -2.63. The zero-order valence-corrected chi connectivity index (χ0v) is 12.5. The van der Waals surface area contributed by atoms with Crippen LogP contribution in [0.5, 0.6) is 0 Å². The van der Waals surface area contributed by atoms with E-state index in [-0.39, 0.29) is 0 Å². The number of rotatable bonds is 4. The average Bonchev–Trinajstić information content (AvgIpc) is 2.54. The van der Waals surface area contributed by atoms with Crippen LogP contribution in [0.15, 0.2) is 0 Å². The van der Waals surface area contributed by atoms with E-state index in [1.54, 1.807) is 0 Å². The molecular formula is C13H24O10. The monoisotopic (exact) mass is 340 g/mol. The molecule has 2 saturated heterocycles. The van der Waals surface area contributed by atoms with E-state index >= 15 is 0 Å². The largest absolute Gasteiger partial charge is 0.394 e. The van der Waals surface area contributed by atoms with Gasteiger partial charge in [-0.05, 0) is 6.92 Å². The molecule has 10 heteroatoms. The molecule has 2 aliphatic rings. The van der Waals surface area contributed by atoms with Crippen molar-refractivity contribution >= 4 is 0 Å². The fraction of sp³-hybridized carbons (Fsp3) is 1.00. The van der Waals surface area contributed by atoms with Crippen LogP contribution in [-0.2, 0) is 14.2 Å². The Kier molecular flexibility index (Phi) is 6.30. The molecule has 0 saturated carbocycles. The van der Waals surface area contributed by atoms with Crippen LogP contribution in [0.4, 0.5) is 0 Å². The third-order valence-corrected chi connectivity index (χ3v) is 4.24. The second-order valence-corrected chi connectivity index (χ2v) is 5.84. The van der Waals surface area contributed by atoms with Crippen LogP contribution in [0.3, 0.4) is 0 Å². The summed E-state index contributed by atoms with van der Waals surface area (Å²) in [5.74, 6) is 0. The van der Waals surface area contributed by atoms with Gasteiger partial charge >= 0.3 is 0 Å². The van der Waals surface area contributed by atoms with Gasteiger partial charge in [-0.15, -0.1) is 0 Å². The second-order valence-electron chi connectivity index (χ2n) is 5.84. The molecule has 2 aliphatic heterocycles. The first-order valence-electron chi connectivity index (χ1n) is 7.40. The quantitative estimate of drug-likeness (QED) is 0.265. The van der Waals surface area contributed by atoms with Gasteiger partial charge in [0.05, 0.1) is 19.3 Å². The first-order chi connectivity index (χ1) is 10.8. The smallest absolute Gasteiger partial charge is 0.187 e. The van der Waals surface area contributed by atoms with Crippen LogP contribution in [0, 0.1) is 0 Å². The minimum absolute atomic E-state index is 0.491. The topological polar surface area (TPSA) is 169 Å². The van der Waals surface area contributed by atoms with Crippen molar-refractivity contribution in [2.24, 2.45) is 0 Å². The summed E-state index contributed by atoms with van der Waals surface area (Å²) in [5, 5.41) is 67.5. The van der Waals surface area contributed by atoms with Gasteiger partial charge in [0.2, 0.25) is 0 Å². The highest BCUT2D eigenvalue weighted by Crippen LogP contribution is 2.28. The molecule has 0 aliphatic carbocycles.